The second-order valence-corrected chi connectivity index (χ2v) is 6.17. The lowest BCUT2D eigenvalue weighted by molar-refractivity contribution is -0.192. The quantitative estimate of drug-likeness (QED) is 0.591. The van der Waals surface area contributed by atoms with Crippen LogP contribution in [0.5, 0.6) is 5.75 Å². The molecule has 29 heavy (non-hydrogen) atoms. The summed E-state index contributed by atoms with van der Waals surface area (Å²) in [4.78, 5) is 17.5. The van der Waals surface area contributed by atoms with E-state index in [1.165, 1.54) is 0 Å². The van der Waals surface area contributed by atoms with Gasteiger partial charge in [-0.2, -0.15) is 13.2 Å². The molecule has 2 heterocycles. The first-order valence-corrected chi connectivity index (χ1v) is 8.65. The second-order valence-electron chi connectivity index (χ2n) is 5.78. The van der Waals surface area contributed by atoms with Gasteiger partial charge in [-0.1, -0.05) is 11.6 Å². The number of carboxylic acids is 1. The van der Waals surface area contributed by atoms with Crippen molar-refractivity contribution in [3.05, 3.63) is 47.6 Å². The van der Waals surface area contributed by atoms with Gasteiger partial charge in [0, 0.05) is 30.9 Å². The van der Waals surface area contributed by atoms with E-state index in [4.69, 9.17) is 26.2 Å². The van der Waals surface area contributed by atoms with Gasteiger partial charge in [-0.15, -0.1) is 0 Å². The van der Waals surface area contributed by atoms with Gasteiger partial charge in [0.1, 0.15) is 22.5 Å². The highest BCUT2D eigenvalue weighted by Crippen LogP contribution is 2.28. The van der Waals surface area contributed by atoms with Gasteiger partial charge in [0.25, 0.3) is 0 Å². The SMILES string of the molecule is COc1ccc2c(NCCn3ccnc3C)nc(Cl)cc2c1.O=C(O)C(F)(F)F. The Morgan fingerprint density at radius 1 is 1.34 bits per heavy atom. The lowest BCUT2D eigenvalue weighted by Gasteiger charge is -2.11. The molecule has 0 saturated heterocycles. The van der Waals surface area contributed by atoms with Crippen molar-refractivity contribution in [2.24, 2.45) is 0 Å². The number of carbonyl (C=O) groups is 1. The smallest absolute Gasteiger partial charge is 0.490 e. The number of alkyl halides is 3. The lowest BCUT2D eigenvalue weighted by atomic mass is 10.1. The van der Waals surface area contributed by atoms with Crippen LogP contribution in [0.4, 0.5) is 19.0 Å². The summed E-state index contributed by atoms with van der Waals surface area (Å²) in [7, 11) is 1.65. The van der Waals surface area contributed by atoms with Crippen LogP contribution in [-0.4, -0.2) is 45.4 Å². The number of pyridine rings is 1. The number of imidazole rings is 1. The van der Waals surface area contributed by atoms with Crippen LogP contribution in [0.3, 0.4) is 0 Å². The Kier molecular flexibility index (Phi) is 7.27. The fraction of sp³-hybridized carbons (Fsp3) is 0.278. The fourth-order valence-corrected chi connectivity index (χ4v) is 2.60. The molecule has 0 atom stereocenters. The second kappa shape index (κ2) is 9.46. The molecule has 0 aliphatic heterocycles. The number of aryl methyl sites for hydroxylation is 1. The minimum atomic E-state index is -5.08. The van der Waals surface area contributed by atoms with E-state index in [-0.39, 0.29) is 0 Å². The van der Waals surface area contributed by atoms with Crippen LogP contribution < -0.4 is 10.1 Å². The number of hydrogen-bond donors (Lipinski definition) is 2. The number of aromatic nitrogens is 3. The van der Waals surface area contributed by atoms with E-state index in [0.29, 0.717) is 5.15 Å². The molecule has 3 rings (SSSR count). The summed E-state index contributed by atoms with van der Waals surface area (Å²) in [6.07, 6.45) is -1.32. The number of aliphatic carboxylic acids is 1. The minimum Gasteiger partial charge on any atom is -0.497 e. The first-order chi connectivity index (χ1) is 13.6. The van der Waals surface area contributed by atoms with Crippen molar-refractivity contribution in [3.63, 3.8) is 0 Å². The van der Waals surface area contributed by atoms with E-state index in [1.807, 2.05) is 37.4 Å². The van der Waals surface area contributed by atoms with Crippen LogP contribution in [-0.2, 0) is 11.3 Å². The molecule has 0 amide bonds. The molecule has 1 aromatic carbocycles. The largest absolute Gasteiger partial charge is 0.497 e. The Morgan fingerprint density at radius 3 is 2.59 bits per heavy atom. The minimum absolute atomic E-state index is 0.460. The normalized spacial score (nSPS) is 11.0. The number of halogens is 4. The Bertz CT molecular complexity index is 992. The van der Waals surface area contributed by atoms with E-state index in [9.17, 15) is 13.2 Å². The number of carboxylic acid groups (broad SMARTS) is 1. The maximum Gasteiger partial charge on any atom is 0.490 e. The fourth-order valence-electron chi connectivity index (χ4n) is 2.40. The third-order valence-corrected chi connectivity index (χ3v) is 4.01. The zero-order valence-corrected chi connectivity index (χ0v) is 16.3. The molecular weight excluding hydrogens is 413 g/mol. The number of ether oxygens (including phenoxy) is 1. The van der Waals surface area contributed by atoms with Crippen LogP contribution in [0.1, 0.15) is 5.82 Å². The maximum absolute atomic E-state index is 10.6. The van der Waals surface area contributed by atoms with Gasteiger partial charge in [0.05, 0.1) is 7.11 Å². The third-order valence-electron chi connectivity index (χ3n) is 3.82. The van der Waals surface area contributed by atoms with Crippen LogP contribution in [0.25, 0.3) is 10.8 Å². The first-order valence-electron chi connectivity index (χ1n) is 8.28. The zero-order valence-electron chi connectivity index (χ0n) is 15.5. The summed E-state index contributed by atoms with van der Waals surface area (Å²) in [6.45, 7) is 3.54. The van der Waals surface area contributed by atoms with Crippen molar-refractivity contribution in [1.82, 2.24) is 14.5 Å². The van der Waals surface area contributed by atoms with E-state index < -0.39 is 12.1 Å². The molecule has 0 aliphatic rings. The maximum atomic E-state index is 10.6. The summed E-state index contributed by atoms with van der Waals surface area (Å²) >= 11 is 6.12. The molecule has 0 aliphatic carbocycles. The van der Waals surface area contributed by atoms with Crippen LogP contribution in [0.15, 0.2) is 36.7 Å². The molecule has 0 saturated carbocycles. The van der Waals surface area contributed by atoms with Gasteiger partial charge < -0.3 is 19.7 Å². The number of benzene rings is 1. The summed E-state index contributed by atoms with van der Waals surface area (Å²) in [5.41, 5.74) is 0. The van der Waals surface area contributed by atoms with Crippen molar-refractivity contribution < 1.29 is 27.8 Å². The molecule has 2 aromatic heterocycles. The molecule has 3 aromatic rings. The third kappa shape index (κ3) is 6.24. The number of rotatable bonds is 5. The van der Waals surface area contributed by atoms with Crippen LogP contribution in [0, 0.1) is 6.92 Å². The molecule has 7 nitrogen and oxygen atoms in total. The van der Waals surface area contributed by atoms with Gasteiger partial charge >= 0.3 is 12.1 Å². The first kappa shape index (κ1) is 22.3. The number of methoxy groups -OCH3 is 1. The topological polar surface area (TPSA) is 89.3 Å². The standard InChI is InChI=1S/C16H17ClN4O.C2HF3O2/c1-11-18-5-7-21(11)8-6-19-16-14-4-3-13(22-2)9-12(14)10-15(17)20-16;3-2(4,5)1(6)7/h3-5,7,9-10H,6,8H2,1-2H3,(H,19,20);(H,6,7). The average molecular weight is 431 g/mol. The molecule has 0 radical (unpaired) electrons. The van der Waals surface area contributed by atoms with Crippen molar-refractivity contribution in [2.45, 2.75) is 19.6 Å². The molecule has 156 valence electrons. The number of anilines is 1. The molecule has 0 unspecified atom stereocenters. The van der Waals surface area contributed by atoms with Crippen LogP contribution >= 0.6 is 11.6 Å². The number of nitrogens with one attached hydrogen (secondary N) is 1. The van der Waals surface area contributed by atoms with Crippen molar-refractivity contribution >= 4 is 34.2 Å². The number of nitrogens with zero attached hydrogens (tertiary/aromatic N) is 3. The molecule has 11 heteroatoms. The Morgan fingerprint density at radius 2 is 2.03 bits per heavy atom. The highest BCUT2D eigenvalue weighted by Gasteiger charge is 2.38. The van der Waals surface area contributed by atoms with Crippen molar-refractivity contribution in [2.75, 3.05) is 19.0 Å². The predicted octanol–water partition coefficient (Wildman–Crippen LogP) is 4.15. The molecule has 0 spiro atoms. The van der Waals surface area contributed by atoms with Gasteiger partial charge in [0.15, 0.2) is 0 Å². The van der Waals surface area contributed by atoms with E-state index in [2.05, 4.69) is 19.9 Å². The van der Waals surface area contributed by atoms with Gasteiger partial charge in [-0.25, -0.2) is 14.8 Å². The molecular formula is C18H18ClF3N4O3. The Labute approximate surface area is 169 Å². The summed E-state index contributed by atoms with van der Waals surface area (Å²) < 4.78 is 39.1. The van der Waals surface area contributed by atoms with Gasteiger partial charge in [-0.3, -0.25) is 0 Å². The van der Waals surface area contributed by atoms with Gasteiger partial charge in [0.2, 0.25) is 0 Å². The molecule has 0 bridgehead atoms. The van der Waals surface area contributed by atoms with Gasteiger partial charge in [-0.05, 0) is 36.6 Å². The Hall–Kier alpha value is -3.01. The van der Waals surface area contributed by atoms with E-state index in [0.717, 1.165) is 41.3 Å². The zero-order chi connectivity index (χ0) is 21.6. The number of fused-ring (bicyclic) bond motifs is 1. The predicted molar refractivity (Wildman–Crippen MR) is 102 cm³/mol. The lowest BCUT2D eigenvalue weighted by Crippen LogP contribution is -2.21. The summed E-state index contributed by atoms with van der Waals surface area (Å²) in [5, 5.41) is 13.0. The summed E-state index contributed by atoms with van der Waals surface area (Å²) in [5.74, 6) is -0.180. The molecule has 0 fully saturated rings. The molecule has 2 N–H and O–H groups in total. The van der Waals surface area contributed by atoms with Crippen LogP contribution in [0.2, 0.25) is 5.15 Å². The van der Waals surface area contributed by atoms with Crippen molar-refractivity contribution in [3.8, 4) is 5.75 Å². The Balaban J connectivity index is 0.000000370. The monoisotopic (exact) mass is 430 g/mol. The average Bonchev–Trinajstić information content (AvgIpc) is 3.05. The van der Waals surface area contributed by atoms with E-state index in [1.54, 1.807) is 13.3 Å². The number of hydrogen-bond acceptors (Lipinski definition) is 5. The highest BCUT2D eigenvalue weighted by molar-refractivity contribution is 6.30. The highest BCUT2D eigenvalue weighted by atomic mass is 35.5. The van der Waals surface area contributed by atoms with Crippen molar-refractivity contribution in [1.29, 1.82) is 0 Å². The summed E-state index contributed by atoms with van der Waals surface area (Å²) in [6, 6.07) is 7.70. The van der Waals surface area contributed by atoms with E-state index >= 15 is 0 Å².